The third-order valence-corrected chi connectivity index (χ3v) is 3.34. The number of halogens is 3. The zero-order valence-electron chi connectivity index (χ0n) is 10.7. The smallest absolute Gasteiger partial charge is 0.240 e. The molecular weight excluding hydrogens is 307 g/mol. The van der Waals surface area contributed by atoms with Crippen LogP contribution >= 0.6 is 34.8 Å². The molecule has 0 aliphatic carbocycles. The second-order valence-corrected chi connectivity index (χ2v) is 6.50. The molecule has 1 N–H and O–H groups in total. The van der Waals surface area contributed by atoms with E-state index >= 15 is 0 Å². The van der Waals surface area contributed by atoms with Crippen molar-refractivity contribution in [2.45, 2.75) is 30.5 Å². The summed E-state index contributed by atoms with van der Waals surface area (Å²) >= 11 is 16.8. The summed E-state index contributed by atoms with van der Waals surface area (Å²) in [5.74, 6) is -0.214. The highest BCUT2D eigenvalue weighted by Crippen LogP contribution is 2.27. The van der Waals surface area contributed by atoms with Gasteiger partial charge in [0.2, 0.25) is 9.70 Å². The molecule has 19 heavy (non-hydrogen) atoms. The Morgan fingerprint density at radius 2 is 1.84 bits per heavy atom. The van der Waals surface area contributed by atoms with Crippen molar-refractivity contribution in [1.29, 1.82) is 0 Å². The van der Waals surface area contributed by atoms with Crippen molar-refractivity contribution >= 4 is 46.4 Å². The van der Waals surface area contributed by atoms with E-state index in [0.717, 1.165) is 5.56 Å². The van der Waals surface area contributed by atoms with Crippen molar-refractivity contribution in [1.82, 2.24) is 5.43 Å². The zero-order valence-corrected chi connectivity index (χ0v) is 13.0. The van der Waals surface area contributed by atoms with Crippen LogP contribution in [0.25, 0.3) is 0 Å². The Balaban J connectivity index is 2.42. The van der Waals surface area contributed by atoms with Crippen molar-refractivity contribution < 1.29 is 4.79 Å². The van der Waals surface area contributed by atoms with Crippen molar-refractivity contribution in [2.24, 2.45) is 5.10 Å². The molecule has 1 aromatic rings. The summed E-state index contributed by atoms with van der Waals surface area (Å²) in [6.07, 6.45) is 0.980. The highest BCUT2D eigenvalue weighted by molar-refractivity contribution is 6.76. The van der Waals surface area contributed by atoms with Crippen molar-refractivity contribution in [3.63, 3.8) is 0 Å². The Kier molecular flexibility index (Phi) is 6.11. The maximum atomic E-state index is 11.6. The average molecular weight is 322 g/mol. The van der Waals surface area contributed by atoms with Gasteiger partial charge < -0.3 is 0 Å². The molecule has 3 nitrogen and oxygen atoms in total. The van der Waals surface area contributed by atoms with E-state index in [1.807, 2.05) is 31.2 Å². The summed E-state index contributed by atoms with van der Waals surface area (Å²) in [6.45, 7) is 3.55. The molecule has 0 aromatic heterocycles. The van der Waals surface area contributed by atoms with Crippen molar-refractivity contribution in [2.75, 3.05) is 0 Å². The molecule has 0 aliphatic rings. The number of carbonyl (C=O) groups is 1. The third-order valence-electron chi connectivity index (χ3n) is 2.52. The maximum Gasteiger partial charge on any atom is 0.240 e. The van der Waals surface area contributed by atoms with Crippen LogP contribution in [-0.2, 0) is 11.2 Å². The maximum absolute atomic E-state index is 11.6. The molecule has 1 rings (SSSR count). The minimum Gasteiger partial charge on any atom is -0.273 e. The summed E-state index contributed by atoms with van der Waals surface area (Å²) in [5.41, 5.74) is 4.88. The van der Waals surface area contributed by atoms with Crippen LogP contribution in [0.1, 0.15) is 24.5 Å². The fraction of sp³-hybridized carbons (Fsp3) is 0.385. The first-order valence-corrected chi connectivity index (χ1v) is 6.88. The first kappa shape index (κ1) is 16.3. The molecule has 0 aliphatic heterocycles. The quantitative estimate of drug-likeness (QED) is 0.511. The Morgan fingerprint density at radius 3 is 2.37 bits per heavy atom. The van der Waals surface area contributed by atoms with Gasteiger partial charge in [-0.05, 0) is 25.8 Å². The lowest BCUT2D eigenvalue weighted by molar-refractivity contribution is -0.121. The van der Waals surface area contributed by atoms with E-state index in [2.05, 4.69) is 10.5 Å². The largest absolute Gasteiger partial charge is 0.273 e. The lowest BCUT2D eigenvalue weighted by Crippen LogP contribution is -2.24. The summed E-state index contributed by atoms with van der Waals surface area (Å²) in [5, 5.41) is 3.74. The van der Waals surface area contributed by atoms with E-state index in [1.54, 1.807) is 0 Å². The summed E-state index contributed by atoms with van der Waals surface area (Å²) in [6, 6.07) is 8.02. The van der Waals surface area contributed by atoms with Crippen LogP contribution in [0.4, 0.5) is 0 Å². The number of nitrogens with one attached hydrogen (secondary N) is 1. The fourth-order valence-corrected chi connectivity index (χ4v) is 1.40. The number of amides is 1. The average Bonchev–Trinajstić information content (AvgIpc) is 2.34. The number of hydrogen-bond acceptors (Lipinski definition) is 2. The minimum absolute atomic E-state index is 0.214. The number of hydrazone groups is 1. The van der Waals surface area contributed by atoms with Crippen LogP contribution in [0.15, 0.2) is 29.4 Å². The molecule has 1 aromatic carbocycles. The molecule has 0 spiro atoms. The molecular formula is C13H15Cl3N2O. The summed E-state index contributed by atoms with van der Waals surface area (Å²) < 4.78 is -1.59. The van der Waals surface area contributed by atoms with Crippen LogP contribution < -0.4 is 5.43 Å². The monoisotopic (exact) mass is 320 g/mol. The van der Waals surface area contributed by atoms with Gasteiger partial charge in [-0.2, -0.15) is 5.10 Å². The highest BCUT2D eigenvalue weighted by Gasteiger charge is 2.24. The Hall–Kier alpha value is -0.770. The number of aryl methyl sites for hydroxylation is 2. The molecule has 0 heterocycles. The molecule has 0 atom stereocenters. The molecule has 0 saturated heterocycles. The third kappa shape index (κ3) is 6.28. The Morgan fingerprint density at radius 1 is 1.26 bits per heavy atom. The molecule has 0 unspecified atom stereocenters. The SMILES string of the molecule is C/C(=N\NC(=O)CCc1ccc(C)cc1)C(Cl)(Cl)Cl. The van der Waals surface area contributed by atoms with E-state index in [4.69, 9.17) is 34.8 Å². The number of hydrogen-bond donors (Lipinski definition) is 1. The van der Waals surface area contributed by atoms with Crippen LogP contribution in [0.5, 0.6) is 0 Å². The number of nitrogens with zero attached hydrogens (tertiary/aromatic N) is 1. The van der Waals surface area contributed by atoms with E-state index in [9.17, 15) is 4.79 Å². The molecule has 0 saturated carbocycles. The van der Waals surface area contributed by atoms with Gasteiger partial charge in [0.15, 0.2) is 0 Å². The van der Waals surface area contributed by atoms with E-state index in [-0.39, 0.29) is 11.6 Å². The fourth-order valence-electron chi connectivity index (χ4n) is 1.28. The number of alkyl halides is 3. The Bertz CT molecular complexity index is 464. The highest BCUT2D eigenvalue weighted by atomic mass is 35.6. The molecule has 1 amide bonds. The lowest BCUT2D eigenvalue weighted by Gasteiger charge is -2.09. The molecule has 6 heteroatoms. The first-order valence-electron chi connectivity index (χ1n) is 5.75. The van der Waals surface area contributed by atoms with Gasteiger partial charge in [0.25, 0.3) is 0 Å². The lowest BCUT2D eigenvalue weighted by atomic mass is 10.1. The summed E-state index contributed by atoms with van der Waals surface area (Å²) in [4.78, 5) is 11.6. The molecule has 0 fully saturated rings. The van der Waals surface area contributed by atoms with E-state index in [0.29, 0.717) is 12.8 Å². The molecule has 0 bridgehead atoms. The predicted octanol–water partition coefficient (Wildman–Crippen LogP) is 3.79. The predicted molar refractivity (Wildman–Crippen MR) is 81.0 cm³/mol. The number of carbonyl (C=O) groups excluding carboxylic acids is 1. The van der Waals surface area contributed by atoms with Crippen LogP contribution in [-0.4, -0.2) is 15.4 Å². The number of rotatable bonds is 4. The summed E-state index contributed by atoms with van der Waals surface area (Å²) in [7, 11) is 0. The number of benzene rings is 1. The van der Waals surface area contributed by atoms with Gasteiger partial charge in [-0.3, -0.25) is 4.79 Å². The van der Waals surface area contributed by atoms with Crippen LogP contribution in [0.3, 0.4) is 0 Å². The van der Waals surface area contributed by atoms with Gasteiger partial charge in [-0.1, -0.05) is 64.6 Å². The topological polar surface area (TPSA) is 41.5 Å². The van der Waals surface area contributed by atoms with Gasteiger partial charge in [-0.25, -0.2) is 5.43 Å². The van der Waals surface area contributed by atoms with Gasteiger partial charge in [0.05, 0.1) is 5.71 Å². The van der Waals surface area contributed by atoms with Gasteiger partial charge >= 0.3 is 0 Å². The second kappa shape index (κ2) is 7.13. The van der Waals surface area contributed by atoms with Crippen molar-refractivity contribution in [3.05, 3.63) is 35.4 Å². The zero-order chi connectivity index (χ0) is 14.5. The van der Waals surface area contributed by atoms with E-state index in [1.165, 1.54) is 12.5 Å². The van der Waals surface area contributed by atoms with Crippen LogP contribution in [0.2, 0.25) is 0 Å². The molecule has 0 radical (unpaired) electrons. The van der Waals surface area contributed by atoms with E-state index < -0.39 is 3.79 Å². The Labute approximate surface area is 127 Å². The minimum atomic E-state index is -1.59. The van der Waals surface area contributed by atoms with Crippen LogP contribution in [0, 0.1) is 6.92 Å². The van der Waals surface area contributed by atoms with Gasteiger partial charge in [0.1, 0.15) is 0 Å². The standard InChI is InChI=1S/C13H15Cl3N2O/c1-9-3-5-11(6-4-9)7-8-12(19)18-17-10(2)13(14,15)16/h3-6H,7-8H2,1-2H3,(H,18,19)/b17-10+. The van der Waals surface area contributed by atoms with Gasteiger partial charge in [0, 0.05) is 6.42 Å². The first-order chi connectivity index (χ1) is 8.79. The molecule has 104 valence electrons. The normalized spacial score (nSPS) is 12.4. The van der Waals surface area contributed by atoms with Crippen molar-refractivity contribution in [3.8, 4) is 0 Å². The second-order valence-electron chi connectivity index (χ2n) is 4.22. The van der Waals surface area contributed by atoms with Gasteiger partial charge in [-0.15, -0.1) is 0 Å².